The first-order valence-electron chi connectivity index (χ1n) is 16.8. The molecule has 0 aliphatic heterocycles. The van der Waals surface area contributed by atoms with Gasteiger partial charge in [0.1, 0.15) is 0 Å². The molecule has 4 nitrogen and oxygen atoms in total. The lowest BCUT2D eigenvalue weighted by atomic mass is 10.0. The van der Waals surface area contributed by atoms with E-state index in [2.05, 4.69) is 38.2 Å². The summed E-state index contributed by atoms with van der Waals surface area (Å²) in [7, 11) is 0. The van der Waals surface area contributed by atoms with Crippen LogP contribution in [0.3, 0.4) is 0 Å². The van der Waals surface area contributed by atoms with Crippen LogP contribution < -0.4 is 11.1 Å². The minimum atomic E-state index is -0.155. The SMILES string of the molecule is CC/C=C\CCCCCCCC(=O)NCCCCCC.CCCCCCCCCCCCCCCC(N)=O. The maximum atomic E-state index is 11.6. The second-order valence-electron chi connectivity index (χ2n) is 11.1. The third kappa shape index (κ3) is 39.2. The number of amides is 2. The fourth-order valence-electron chi connectivity index (χ4n) is 4.55. The maximum Gasteiger partial charge on any atom is 0.219 e. The van der Waals surface area contributed by atoms with Crippen LogP contribution in [-0.4, -0.2) is 18.4 Å². The summed E-state index contributed by atoms with van der Waals surface area (Å²) in [5, 5.41) is 3.02. The van der Waals surface area contributed by atoms with Crippen molar-refractivity contribution in [1.82, 2.24) is 5.32 Å². The van der Waals surface area contributed by atoms with Gasteiger partial charge >= 0.3 is 0 Å². The molecular formula is C34H68N2O2. The number of allylic oxidation sites excluding steroid dienone is 2. The number of hydrogen-bond donors (Lipinski definition) is 2. The van der Waals surface area contributed by atoms with Crippen molar-refractivity contribution in [2.24, 2.45) is 5.73 Å². The quantitative estimate of drug-likeness (QED) is 0.0771. The van der Waals surface area contributed by atoms with Crippen molar-refractivity contribution in [2.45, 2.75) is 188 Å². The van der Waals surface area contributed by atoms with Gasteiger partial charge in [0, 0.05) is 19.4 Å². The molecule has 2 amide bonds. The van der Waals surface area contributed by atoms with Gasteiger partial charge in [-0.2, -0.15) is 0 Å². The van der Waals surface area contributed by atoms with Crippen molar-refractivity contribution >= 4 is 11.8 Å². The number of nitrogens with one attached hydrogen (secondary N) is 1. The summed E-state index contributed by atoms with van der Waals surface area (Å²) >= 11 is 0. The van der Waals surface area contributed by atoms with Crippen LogP contribution in [0, 0.1) is 0 Å². The Hall–Kier alpha value is -1.32. The molecule has 4 heteroatoms. The Kier molecular flexibility index (Phi) is 36.5. The third-order valence-electron chi connectivity index (χ3n) is 7.06. The molecule has 0 aliphatic rings. The average molecular weight is 537 g/mol. The molecule has 0 spiro atoms. The summed E-state index contributed by atoms with van der Waals surface area (Å²) in [5.41, 5.74) is 5.09. The summed E-state index contributed by atoms with van der Waals surface area (Å²) in [6.45, 7) is 7.51. The van der Waals surface area contributed by atoms with Gasteiger partial charge in [0.15, 0.2) is 0 Å². The van der Waals surface area contributed by atoms with Crippen molar-refractivity contribution in [3.05, 3.63) is 12.2 Å². The van der Waals surface area contributed by atoms with Gasteiger partial charge in [0.2, 0.25) is 11.8 Å². The topological polar surface area (TPSA) is 72.2 Å². The van der Waals surface area contributed by atoms with Crippen LogP contribution in [0.1, 0.15) is 188 Å². The predicted octanol–water partition coefficient (Wildman–Crippen LogP) is 10.3. The molecule has 0 fully saturated rings. The molecule has 0 saturated heterocycles. The fraction of sp³-hybridized carbons (Fsp3) is 0.882. The van der Waals surface area contributed by atoms with E-state index in [4.69, 9.17) is 5.73 Å². The van der Waals surface area contributed by atoms with E-state index < -0.39 is 0 Å². The second-order valence-corrected chi connectivity index (χ2v) is 11.1. The van der Waals surface area contributed by atoms with E-state index in [-0.39, 0.29) is 11.8 Å². The first-order chi connectivity index (χ1) is 18.6. The van der Waals surface area contributed by atoms with Crippen LogP contribution in [0.15, 0.2) is 12.2 Å². The van der Waals surface area contributed by atoms with Crippen LogP contribution in [-0.2, 0) is 9.59 Å². The third-order valence-corrected chi connectivity index (χ3v) is 7.06. The van der Waals surface area contributed by atoms with Crippen LogP contribution in [0.4, 0.5) is 0 Å². The molecule has 0 unspecified atom stereocenters. The van der Waals surface area contributed by atoms with E-state index in [1.54, 1.807) is 0 Å². The Balaban J connectivity index is 0. The van der Waals surface area contributed by atoms with Crippen molar-refractivity contribution in [3.63, 3.8) is 0 Å². The molecule has 0 saturated carbocycles. The fourth-order valence-corrected chi connectivity index (χ4v) is 4.55. The molecule has 226 valence electrons. The Morgan fingerprint density at radius 3 is 1.42 bits per heavy atom. The number of unbranched alkanes of at least 4 members (excludes halogenated alkanes) is 20. The van der Waals surface area contributed by atoms with E-state index in [9.17, 15) is 9.59 Å². The second kappa shape index (κ2) is 35.7. The molecule has 0 aromatic rings. The molecule has 3 N–H and O–H groups in total. The van der Waals surface area contributed by atoms with Gasteiger partial charge < -0.3 is 11.1 Å². The van der Waals surface area contributed by atoms with Crippen molar-refractivity contribution in [1.29, 1.82) is 0 Å². The molecule has 0 aromatic carbocycles. The molecular weight excluding hydrogens is 468 g/mol. The van der Waals surface area contributed by atoms with E-state index in [1.165, 1.54) is 128 Å². The van der Waals surface area contributed by atoms with Crippen molar-refractivity contribution in [3.8, 4) is 0 Å². The van der Waals surface area contributed by atoms with Crippen LogP contribution in [0.25, 0.3) is 0 Å². The van der Waals surface area contributed by atoms with Crippen molar-refractivity contribution < 1.29 is 9.59 Å². The molecule has 38 heavy (non-hydrogen) atoms. The van der Waals surface area contributed by atoms with Gasteiger partial charge in [-0.15, -0.1) is 0 Å². The smallest absolute Gasteiger partial charge is 0.219 e. The molecule has 0 rings (SSSR count). The molecule has 0 heterocycles. The van der Waals surface area contributed by atoms with Gasteiger partial charge in [-0.1, -0.05) is 148 Å². The highest BCUT2D eigenvalue weighted by atomic mass is 16.1. The molecule has 0 aliphatic carbocycles. The Bertz CT molecular complexity index is 505. The Labute approximate surface area is 238 Å². The van der Waals surface area contributed by atoms with Crippen LogP contribution in [0.2, 0.25) is 0 Å². The van der Waals surface area contributed by atoms with Gasteiger partial charge in [0.05, 0.1) is 0 Å². The molecule has 0 bridgehead atoms. The predicted molar refractivity (Wildman–Crippen MR) is 168 cm³/mol. The standard InChI is InChI=1S/C18H35NO.C16H33NO/c1-3-5-7-9-10-11-12-13-14-16-18(20)19-17-15-8-6-4-2;1-2-3-4-5-6-7-8-9-10-11-12-13-14-15-16(17)18/h5,7H,3-4,6,8-17H2,1-2H3,(H,19,20);2-15H2,1H3,(H2,17,18)/b7-5-;. The lowest BCUT2D eigenvalue weighted by Crippen LogP contribution is -2.23. The molecule has 0 atom stereocenters. The van der Waals surface area contributed by atoms with Gasteiger partial charge in [-0.25, -0.2) is 0 Å². The zero-order valence-corrected chi connectivity index (χ0v) is 26.1. The van der Waals surface area contributed by atoms with Gasteiger partial charge in [0.25, 0.3) is 0 Å². The van der Waals surface area contributed by atoms with Crippen LogP contribution >= 0.6 is 0 Å². The summed E-state index contributed by atoms with van der Waals surface area (Å²) in [6, 6.07) is 0. The highest BCUT2D eigenvalue weighted by Crippen LogP contribution is 2.13. The Morgan fingerprint density at radius 2 is 0.947 bits per heavy atom. The van der Waals surface area contributed by atoms with Gasteiger partial charge in [-0.05, 0) is 38.5 Å². The number of rotatable bonds is 28. The van der Waals surface area contributed by atoms with E-state index >= 15 is 0 Å². The van der Waals surface area contributed by atoms with E-state index in [0.717, 1.165) is 32.2 Å². The summed E-state index contributed by atoms with van der Waals surface area (Å²) in [5.74, 6) is 0.0884. The zero-order chi connectivity index (χ0) is 28.4. The molecule has 0 radical (unpaired) electrons. The van der Waals surface area contributed by atoms with E-state index in [0.29, 0.717) is 12.8 Å². The number of nitrogens with two attached hydrogens (primary N) is 1. The average Bonchev–Trinajstić information content (AvgIpc) is 2.90. The first-order valence-corrected chi connectivity index (χ1v) is 16.8. The maximum absolute atomic E-state index is 11.6. The Morgan fingerprint density at radius 1 is 0.526 bits per heavy atom. The number of carbonyl (C=O) groups is 2. The number of primary amides is 1. The van der Waals surface area contributed by atoms with Gasteiger partial charge in [-0.3, -0.25) is 9.59 Å². The van der Waals surface area contributed by atoms with Crippen molar-refractivity contribution in [2.75, 3.05) is 6.54 Å². The zero-order valence-electron chi connectivity index (χ0n) is 26.1. The monoisotopic (exact) mass is 537 g/mol. The largest absolute Gasteiger partial charge is 0.370 e. The minimum Gasteiger partial charge on any atom is -0.370 e. The lowest BCUT2D eigenvalue weighted by molar-refractivity contribution is -0.121. The van der Waals surface area contributed by atoms with E-state index in [1.807, 2.05) is 0 Å². The summed E-state index contributed by atoms with van der Waals surface area (Å²) in [6.07, 6.45) is 36.5. The number of hydrogen-bond acceptors (Lipinski definition) is 2. The first kappa shape index (κ1) is 38.8. The summed E-state index contributed by atoms with van der Waals surface area (Å²) < 4.78 is 0. The summed E-state index contributed by atoms with van der Waals surface area (Å²) in [4.78, 5) is 22.1. The molecule has 0 aromatic heterocycles. The minimum absolute atomic E-state index is 0.155. The van der Waals surface area contributed by atoms with Crippen LogP contribution in [0.5, 0.6) is 0 Å². The lowest BCUT2D eigenvalue weighted by Gasteiger charge is -2.05. The highest BCUT2D eigenvalue weighted by molar-refractivity contribution is 5.75. The number of carbonyl (C=O) groups excluding carboxylic acids is 2. The normalized spacial score (nSPS) is 10.9. The highest BCUT2D eigenvalue weighted by Gasteiger charge is 2.00.